The number of rotatable bonds is 1. The van der Waals surface area contributed by atoms with Crippen molar-refractivity contribution in [1.82, 2.24) is 5.01 Å². The first kappa shape index (κ1) is 15.3. The number of fused-ring (bicyclic) bond motifs is 1. The Hall–Kier alpha value is -1.11. The Kier molecular flexibility index (Phi) is 3.60. The second kappa shape index (κ2) is 4.72. The van der Waals surface area contributed by atoms with Gasteiger partial charge in [-0.3, -0.25) is 4.79 Å². The van der Waals surface area contributed by atoms with Gasteiger partial charge in [-0.2, -0.15) is 23.3 Å². The minimum absolute atomic E-state index is 0.146. The summed E-state index contributed by atoms with van der Waals surface area (Å²) in [5.41, 5.74) is -2.90. The normalized spacial score (nSPS) is 34.2. The molecule has 2 aliphatic rings. The van der Waals surface area contributed by atoms with Crippen LogP contribution in [-0.4, -0.2) is 33.6 Å². The van der Waals surface area contributed by atoms with Crippen LogP contribution in [0.3, 0.4) is 0 Å². The molecule has 1 aliphatic carbocycles. The quantitative estimate of drug-likeness (QED) is 0.807. The molecule has 20 heavy (non-hydrogen) atoms. The maximum atomic E-state index is 13.4. The molecule has 0 unspecified atom stereocenters. The Morgan fingerprint density at radius 3 is 2.55 bits per heavy atom. The van der Waals surface area contributed by atoms with Gasteiger partial charge in [0.2, 0.25) is 5.91 Å². The van der Waals surface area contributed by atoms with Crippen LogP contribution in [0.1, 0.15) is 40.0 Å². The Morgan fingerprint density at radius 2 is 2.05 bits per heavy atom. The molecular formula is C13H19F3N2O2. The summed E-state index contributed by atoms with van der Waals surface area (Å²) in [5, 5.41) is 14.4. The van der Waals surface area contributed by atoms with Gasteiger partial charge in [0.1, 0.15) is 0 Å². The standard InChI is InChI=1S/C13H19F3N2O2/c1-7(2)11(19)18-12(20,13(14,15)16)9-6-4-5-8(3)10(9)17-18/h7-9,20H,4-6H2,1-3H3/t8-,9-,12+/m1/s1. The predicted molar refractivity (Wildman–Crippen MR) is 66.6 cm³/mol. The Bertz CT molecular complexity index is 447. The van der Waals surface area contributed by atoms with E-state index in [1.165, 1.54) is 13.8 Å². The van der Waals surface area contributed by atoms with E-state index in [4.69, 9.17) is 0 Å². The Labute approximate surface area is 115 Å². The minimum Gasteiger partial charge on any atom is -0.362 e. The lowest BCUT2D eigenvalue weighted by molar-refractivity contribution is -0.317. The molecular weight excluding hydrogens is 273 g/mol. The lowest BCUT2D eigenvalue weighted by Crippen LogP contribution is -2.62. The summed E-state index contributed by atoms with van der Waals surface area (Å²) in [6.07, 6.45) is -3.41. The van der Waals surface area contributed by atoms with Crippen LogP contribution in [0.5, 0.6) is 0 Å². The molecule has 1 fully saturated rings. The third-order valence-corrected chi connectivity index (χ3v) is 4.14. The molecule has 4 nitrogen and oxygen atoms in total. The minimum atomic E-state index is -4.93. The molecule has 0 radical (unpaired) electrons. The predicted octanol–water partition coefficient (Wildman–Crippen LogP) is 2.53. The summed E-state index contributed by atoms with van der Waals surface area (Å²) in [5.74, 6) is -2.76. The molecule has 1 heterocycles. The van der Waals surface area contributed by atoms with Gasteiger partial charge in [-0.05, 0) is 18.8 Å². The van der Waals surface area contributed by atoms with Crippen LogP contribution in [0.2, 0.25) is 0 Å². The highest BCUT2D eigenvalue weighted by atomic mass is 19.4. The molecule has 114 valence electrons. The number of hydrazone groups is 1. The molecule has 3 atom stereocenters. The maximum Gasteiger partial charge on any atom is 0.439 e. The van der Waals surface area contributed by atoms with E-state index < -0.39 is 29.6 Å². The number of hydrogen-bond acceptors (Lipinski definition) is 3. The summed E-state index contributed by atoms with van der Waals surface area (Å²) < 4.78 is 40.2. The first-order valence-electron chi connectivity index (χ1n) is 6.82. The fourth-order valence-corrected chi connectivity index (χ4v) is 2.96. The number of alkyl halides is 3. The number of nitrogens with zero attached hydrogens (tertiary/aromatic N) is 2. The molecule has 1 amide bonds. The maximum absolute atomic E-state index is 13.4. The van der Waals surface area contributed by atoms with E-state index in [-0.39, 0.29) is 17.3 Å². The van der Waals surface area contributed by atoms with Crippen LogP contribution in [-0.2, 0) is 4.79 Å². The number of aliphatic hydroxyl groups is 1. The average molecular weight is 292 g/mol. The monoisotopic (exact) mass is 292 g/mol. The average Bonchev–Trinajstić information content (AvgIpc) is 2.64. The van der Waals surface area contributed by atoms with Crippen molar-refractivity contribution >= 4 is 11.6 Å². The lowest BCUT2D eigenvalue weighted by atomic mass is 9.75. The van der Waals surface area contributed by atoms with Gasteiger partial charge in [0.15, 0.2) is 0 Å². The van der Waals surface area contributed by atoms with Gasteiger partial charge in [-0.15, -0.1) is 0 Å². The second-order valence-corrected chi connectivity index (χ2v) is 5.94. The van der Waals surface area contributed by atoms with Crippen LogP contribution in [0.4, 0.5) is 13.2 Å². The number of halogens is 3. The Morgan fingerprint density at radius 1 is 1.45 bits per heavy atom. The molecule has 1 aliphatic heterocycles. The smallest absolute Gasteiger partial charge is 0.362 e. The number of hydrogen-bond donors (Lipinski definition) is 1. The summed E-state index contributed by atoms with van der Waals surface area (Å²) in [7, 11) is 0. The van der Waals surface area contributed by atoms with E-state index in [1.807, 2.05) is 0 Å². The van der Waals surface area contributed by atoms with Crippen LogP contribution in [0.15, 0.2) is 5.10 Å². The first-order chi connectivity index (χ1) is 9.10. The van der Waals surface area contributed by atoms with Crippen molar-refractivity contribution in [3.8, 4) is 0 Å². The summed E-state index contributed by atoms with van der Waals surface area (Å²) in [6.45, 7) is 4.76. The SMILES string of the molecule is CC(C)C(=O)N1N=C2[C@H](C)CCC[C@H]2[C@]1(O)C(F)(F)F. The second-order valence-electron chi connectivity index (χ2n) is 5.94. The van der Waals surface area contributed by atoms with E-state index in [2.05, 4.69) is 5.10 Å². The fourth-order valence-electron chi connectivity index (χ4n) is 2.96. The molecule has 2 rings (SSSR count). The largest absolute Gasteiger partial charge is 0.439 e. The van der Waals surface area contributed by atoms with E-state index in [9.17, 15) is 23.1 Å². The van der Waals surface area contributed by atoms with Crippen LogP contribution < -0.4 is 0 Å². The highest BCUT2D eigenvalue weighted by molar-refractivity contribution is 5.95. The zero-order valence-electron chi connectivity index (χ0n) is 11.7. The Balaban J connectivity index is 2.49. The van der Waals surface area contributed by atoms with Crippen LogP contribution in [0.25, 0.3) is 0 Å². The third kappa shape index (κ3) is 2.03. The molecule has 1 saturated carbocycles. The van der Waals surface area contributed by atoms with Crippen molar-refractivity contribution in [2.45, 2.75) is 51.9 Å². The first-order valence-corrected chi connectivity index (χ1v) is 6.82. The summed E-state index contributed by atoms with van der Waals surface area (Å²) in [6, 6.07) is 0. The van der Waals surface area contributed by atoms with Gasteiger partial charge in [-0.1, -0.05) is 27.2 Å². The van der Waals surface area contributed by atoms with E-state index in [1.54, 1.807) is 6.92 Å². The van der Waals surface area contributed by atoms with Crippen LogP contribution in [0, 0.1) is 17.8 Å². The van der Waals surface area contributed by atoms with Crippen molar-refractivity contribution in [2.24, 2.45) is 22.9 Å². The zero-order chi connectivity index (χ0) is 15.3. The molecule has 0 aromatic heterocycles. The van der Waals surface area contributed by atoms with Gasteiger partial charge < -0.3 is 5.11 Å². The molecule has 0 aromatic carbocycles. The highest BCUT2D eigenvalue weighted by Gasteiger charge is 2.69. The van der Waals surface area contributed by atoms with Gasteiger partial charge in [0, 0.05) is 11.6 Å². The molecule has 0 spiro atoms. The van der Waals surface area contributed by atoms with Gasteiger partial charge in [0.25, 0.3) is 5.72 Å². The number of carbonyl (C=O) groups excluding carboxylic acids is 1. The van der Waals surface area contributed by atoms with Crippen molar-refractivity contribution in [3.63, 3.8) is 0 Å². The molecule has 7 heteroatoms. The molecule has 0 aromatic rings. The lowest BCUT2D eigenvalue weighted by Gasteiger charge is -2.39. The topological polar surface area (TPSA) is 52.9 Å². The third-order valence-electron chi connectivity index (χ3n) is 4.14. The number of carbonyl (C=O) groups is 1. The highest BCUT2D eigenvalue weighted by Crippen LogP contribution is 2.49. The van der Waals surface area contributed by atoms with Crippen molar-refractivity contribution in [3.05, 3.63) is 0 Å². The van der Waals surface area contributed by atoms with Crippen LogP contribution >= 0.6 is 0 Å². The van der Waals surface area contributed by atoms with Crippen molar-refractivity contribution in [2.75, 3.05) is 0 Å². The van der Waals surface area contributed by atoms with Crippen molar-refractivity contribution < 1.29 is 23.1 Å². The molecule has 1 N–H and O–H groups in total. The van der Waals surface area contributed by atoms with E-state index in [0.29, 0.717) is 12.1 Å². The van der Waals surface area contributed by atoms with E-state index in [0.717, 1.165) is 6.42 Å². The van der Waals surface area contributed by atoms with E-state index >= 15 is 0 Å². The zero-order valence-corrected chi connectivity index (χ0v) is 11.7. The molecule has 0 saturated heterocycles. The van der Waals surface area contributed by atoms with Crippen molar-refractivity contribution in [1.29, 1.82) is 0 Å². The van der Waals surface area contributed by atoms with Gasteiger partial charge >= 0.3 is 6.18 Å². The molecule has 0 bridgehead atoms. The summed E-state index contributed by atoms with van der Waals surface area (Å²) >= 11 is 0. The fraction of sp³-hybridized carbons (Fsp3) is 0.846. The summed E-state index contributed by atoms with van der Waals surface area (Å²) in [4.78, 5) is 12.0. The van der Waals surface area contributed by atoms with Gasteiger partial charge in [0.05, 0.1) is 5.92 Å². The number of amides is 1. The van der Waals surface area contributed by atoms with Gasteiger partial charge in [-0.25, -0.2) is 0 Å².